The molecular formula is C13H14BrCl2NO. The van der Waals surface area contributed by atoms with Crippen molar-refractivity contribution in [2.24, 2.45) is 5.92 Å². The van der Waals surface area contributed by atoms with Gasteiger partial charge >= 0.3 is 0 Å². The monoisotopic (exact) mass is 349 g/mol. The number of hydrogen-bond acceptors (Lipinski definition) is 1. The molecule has 0 spiro atoms. The van der Waals surface area contributed by atoms with Crippen molar-refractivity contribution in [3.63, 3.8) is 0 Å². The third-order valence-corrected chi connectivity index (χ3v) is 4.71. The number of rotatable bonds is 3. The largest absolute Gasteiger partial charge is 0.341 e. The lowest BCUT2D eigenvalue weighted by molar-refractivity contribution is 0.0749. The summed E-state index contributed by atoms with van der Waals surface area (Å²) < 4.78 is 0. The minimum Gasteiger partial charge on any atom is -0.341 e. The van der Waals surface area contributed by atoms with Gasteiger partial charge in [-0.15, -0.1) is 0 Å². The summed E-state index contributed by atoms with van der Waals surface area (Å²) in [6.45, 7) is 0.793. The highest BCUT2D eigenvalue weighted by Gasteiger charge is 2.29. The Morgan fingerprint density at radius 1 is 1.39 bits per heavy atom. The van der Waals surface area contributed by atoms with Crippen molar-refractivity contribution in [1.29, 1.82) is 0 Å². The molecule has 0 bridgehead atoms. The van der Waals surface area contributed by atoms with Crippen molar-refractivity contribution >= 4 is 45.0 Å². The van der Waals surface area contributed by atoms with Crippen molar-refractivity contribution in [1.82, 2.24) is 4.90 Å². The predicted octanol–water partition coefficient (Wildman–Crippen LogP) is 4.24. The smallest absolute Gasteiger partial charge is 0.253 e. The van der Waals surface area contributed by atoms with Gasteiger partial charge in [-0.2, -0.15) is 0 Å². The van der Waals surface area contributed by atoms with Crippen LogP contribution in [0.1, 0.15) is 23.2 Å². The molecule has 18 heavy (non-hydrogen) atoms. The molecule has 2 nitrogen and oxygen atoms in total. The van der Waals surface area contributed by atoms with E-state index in [0.29, 0.717) is 26.4 Å². The lowest BCUT2D eigenvalue weighted by Gasteiger charge is -2.34. The van der Waals surface area contributed by atoms with E-state index in [1.54, 1.807) is 23.1 Å². The van der Waals surface area contributed by atoms with E-state index in [1.807, 2.05) is 7.05 Å². The first kappa shape index (κ1) is 14.2. The van der Waals surface area contributed by atoms with Crippen LogP contribution in [-0.2, 0) is 0 Å². The van der Waals surface area contributed by atoms with Crippen LogP contribution in [0.4, 0.5) is 0 Å². The molecule has 0 heterocycles. The number of benzene rings is 1. The summed E-state index contributed by atoms with van der Waals surface area (Å²) in [5, 5.41) is 0.886. The molecule has 0 aliphatic heterocycles. The molecule has 0 aromatic heterocycles. The Bertz CT molecular complexity index is 460. The maximum absolute atomic E-state index is 12.2. The van der Waals surface area contributed by atoms with E-state index >= 15 is 0 Å². The Morgan fingerprint density at radius 3 is 2.61 bits per heavy atom. The van der Waals surface area contributed by atoms with Crippen molar-refractivity contribution in [3.05, 3.63) is 33.8 Å². The molecule has 5 heteroatoms. The Labute approximate surface area is 125 Å². The summed E-state index contributed by atoms with van der Waals surface area (Å²) >= 11 is 15.3. The molecule has 98 valence electrons. The predicted molar refractivity (Wildman–Crippen MR) is 78.9 cm³/mol. The quantitative estimate of drug-likeness (QED) is 0.746. The van der Waals surface area contributed by atoms with E-state index in [-0.39, 0.29) is 5.91 Å². The Balaban J connectivity index is 1.99. The zero-order valence-corrected chi connectivity index (χ0v) is 13.1. The Morgan fingerprint density at radius 2 is 2.06 bits per heavy atom. The highest BCUT2D eigenvalue weighted by molar-refractivity contribution is 9.09. The highest BCUT2D eigenvalue weighted by atomic mass is 79.9. The van der Waals surface area contributed by atoms with Gasteiger partial charge < -0.3 is 4.90 Å². The van der Waals surface area contributed by atoms with Gasteiger partial charge in [-0.3, -0.25) is 4.79 Å². The first-order valence-electron chi connectivity index (χ1n) is 5.82. The van der Waals surface area contributed by atoms with Gasteiger partial charge in [0.05, 0.1) is 10.0 Å². The van der Waals surface area contributed by atoms with Crippen LogP contribution >= 0.6 is 39.1 Å². The minimum absolute atomic E-state index is 0.00779. The van der Waals surface area contributed by atoms with Crippen LogP contribution in [0.2, 0.25) is 10.0 Å². The fourth-order valence-electron chi connectivity index (χ4n) is 2.12. The van der Waals surface area contributed by atoms with Gasteiger partial charge in [-0.25, -0.2) is 0 Å². The van der Waals surface area contributed by atoms with Gasteiger partial charge in [-0.1, -0.05) is 39.1 Å². The Kier molecular flexibility index (Phi) is 4.57. The number of alkyl halides is 1. The SMILES string of the molecule is CN(CC1CC(Br)C1)C(=O)c1ccc(Cl)c(Cl)c1. The molecule has 0 saturated heterocycles. The maximum Gasteiger partial charge on any atom is 0.253 e. The second-order valence-electron chi connectivity index (χ2n) is 4.75. The van der Waals surface area contributed by atoms with E-state index in [1.165, 1.54) is 0 Å². The van der Waals surface area contributed by atoms with E-state index < -0.39 is 0 Å². The molecule has 0 radical (unpaired) electrons. The molecule has 0 atom stereocenters. The normalized spacial score (nSPS) is 22.4. The van der Waals surface area contributed by atoms with Gasteiger partial charge in [0, 0.05) is 24.0 Å². The second kappa shape index (κ2) is 5.81. The minimum atomic E-state index is -0.00779. The molecule has 1 fully saturated rings. The summed E-state index contributed by atoms with van der Waals surface area (Å²) in [7, 11) is 1.83. The number of carbonyl (C=O) groups is 1. The zero-order chi connectivity index (χ0) is 13.3. The van der Waals surface area contributed by atoms with Gasteiger partial charge in [0.25, 0.3) is 5.91 Å². The first-order chi connectivity index (χ1) is 8.47. The number of amides is 1. The van der Waals surface area contributed by atoms with Crippen LogP contribution in [0.5, 0.6) is 0 Å². The van der Waals surface area contributed by atoms with Crippen molar-refractivity contribution in [2.45, 2.75) is 17.7 Å². The van der Waals surface area contributed by atoms with E-state index in [9.17, 15) is 4.79 Å². The highest BCUT2D eigenvalue weighted by Crippen LogP contribution is 2.33. The fraction of sp³-hybridized carbons (Fsp3) is 0.462. The average Bonchev–Trinajstić information content (AvgIpc) is 2.29. The first-order valence-corrected chi connectivity index (χ1v) is 7.49. The van der Waals surface area contributed by atoms with Crippen molar-refractivity contribution in [3.8, 4) is 0 Å². The molecular weight excluding hydrogens is 337 g/mol. The third kappa shape index (κ3) is 3.19. The number of carbonyl (C=O) groups excluding carboxylic acids is 1. The van der Waals surface area contributed by atoms with Crippen LogP contribution in [0, 0.1) is 5.92 Å². The maximum atomic E-state index is 12.2. The number of halogens is 3. The molecule has 0 N–H and O–H groups in total. The average molecular weight is 351 g/mol. The van der Waals surface area contributed by atoms with Crippen LogP contribution in [0.3, 0.4) is 0 Å². The molecule has 1 aliphatic rings. The molecule has 1 aromatic rings. The number of hydrogen-bond donors (Lipinski definition) is 0. The lowest BCUT2D eigenvalue weighted by atomic mass is 9.85. The van der Waals surface area contributed by atoms with Crippen LogP contribution in [0.15, 0.2) is 18.2 Å². The molecule has 1 amide bonds. The summed E-state index contributed by atoms with van der Waals surface area (Å²) in [6.07, 6.45) is 2.28. The molecule has 1 aliphatic carbocycles. The molecule has 2 rings (SSSR count). The summed E-state index contributed by atoms with van der Waals surface area (Å²) in [5.41, 5.74) is 0.585. The van der Waals surface area contributed by atoms with Crippen LogP contribution in [-0.4, -0.2) is 29.2 Å². The molecule has 1 aromatic carbocycles. The topological polar surface area (TPSA) is 20.3 Å². The summed E-state index contributed by atoms with van der Waals surface area (Å²) in [4.78, 5) is 14.6. The molecule has 0 unspecified atom stereocenters. The fourth-order valence-corrected chi connectivity index (χ4v) is 3.48. The molecule has 1 saturated carbocycles. The van der Waals surface area contributed by atoms with E-state index in [2.05, 4.69) is 15.9 Å². The Hall–Kier alpha value is -0.250. The van der Waals surface area contributed by atoms with Gasteiger partial charge in [0.15, 0.2) is 0 Å². The van der Waals surface area contributed by atoms with Crippen molar-refractivity contribution in [2.75, 3.05) is 13.6 Å². The van der Waals surface area contributed by atoms with E-state index in [4.69, 9.17) is 23.2 Å². The lowest BCUT2D eigenvalue weighted by Crippen LogP contribution is -2.37. The summed E-state index contributed by atoms with van der Waals surface area (Å²) in [5.74, 6) is 0.595. The zero-order valence-electron chi connectivity index (χ0n) is 10.00. The third-order valence-electron chi connectivity index (χ3n) is 3.22. The van der Waals surface area contributed by atoms with Gasteiger partial charge in [-0.05, 0) is 37.0 Å². The van der Waals surface area contributed by atoms with Crippen LogP contribution < -0.4 is 0 Å². The van der Waals surface area contributed by atoms with Crippen LogP contribution in [0.25, 0.3) is 0 Å². The standard InChI is InChI=1S/C13H14BrCl2NO/c1-17(7-8-4-10(14)5-8)13(18)9-2-3-11(15)12(16)6-9/h2-3,6,8,10H,4-5,7H2,1H3. The summed E-state index contributed by atoms with van der Waals surface area (Å²) in [6, 6.07) is 4.99. The van der Waals surface area contributed by atoms with Gasteiger partial charge in [0.2, 0.25) is 0 Å². The van der Waals surface area contributed by atoms with Gasteiger partial charge in [0.1, 0.15) is 0 Å². The number of nitrogens with zero attached hydrogens (tertiary/aromatic N) is 1. The van der Waals surface area contributed by atoms with Crippen molar-refractivity contribution < 1.29 is 4.79 Å². The second-order valence-corrected chi connectivity index (χ2v) is 6.86. The van der Waals surface area contributed by atoms with E-state index in [0.717, 1.165) is 19.4 Å².